The second-order valence-electron chi connectivity index (χ2n) is 7.24. The average Bonchev–Trinajstić information content (AvgIpc) is 3.06. The molecule has 0 unspecified atom stereocenters. The lowest BCUT2D eigenvalue weighted by Crippen LogP contribution is -2.17. The Hall–Kier alpha value is -2.73. The van der Waals surface area contributed by atoms with Crippen molar-refractivity contribution in [3.63, 3.8) is 0 Å². The van der Waals surface area contributed by atoms with Crippen molar-refractivity contribution in [2.45, 2.75) is 25.8 Å². The minimum atomic E-state index is -0.309. The zero-order valence-electron chi connectivity index (χ0n) is 17.0. The molecule has 6 heteroatoms. The molecule has 0 atom stereocenters. The van der Waals surface area contributed by atoms with Crippen LogP contribution in [-0.2, 0) is 11.2 Å². The Morgan fingerprint density at radius 2 is 1.75 bits per heavy atom. The van der Waals surface area contributed by atoms with Crippen LogP contribution in [0.15, 0.2) is 35.3 Å². The number of ether oxygens (including phenoxy) is 4. The minimum Gasteiger partial charge on any atom is -0.497 e. The molecule has 1 aliphatic heterocycles. The van der Waals surface area contributed by atoms with Crippen LogP contribution in [0, 0.1) is 0 Å². The smallest absolute Gasteiger partial charge is 0.217 e. The molecule has 1 heterocycles. The Labute approximate surface area is 165 Å². The fourth-order valence-corrected chi connectivity index (χ4v) is 3.36. The first kappa shape index (κ1) is 20.0. The number of methoxy groups -OCH3 is 3. The summed E-state index contributed by atoms with van der Waals surface area (Å²) in [5.41, 5.74) is 3.15. The van der Waals surface area contributed by atoms with Crippen LogP contribution in [0.25, 0.3) is 11.1 Å². The first-order chi connectivity index (χ1) is 13.4. The maximum absolute atomic E-state index is 9.64. The molecule has 0 saturated heterocycles. The largest absolute Gasteiger partial charge is 0.497 e. The van der Waals surface area contributed by atoms with Crippen LogP contribution < -0.4 is 14.2 Å². The van der Waals surface area contributed by atoms with Gasteiger partial charge in [0.2, 0.25) is 5.90 Å². The molecule has 0 radical (unpaired) electrons. The molecular weight excluding hydrogens is 358 g/mol. The van der Waals surface area contributed by atoms with Crippen LogP contribution in [0.2, 0.25) is 0 Å². The standard InChI is InChI=1S/C22H27NO5/c1-22(2)13-28-21(23-22)19-15(10-11-24)12-17(26-4)20(27-5)18(19)14-6-8-16(25-3)9-7-14/h6-9,12,24H,10-11,13H2,1-5H3. The summed E-state index contributed by atoms with van der Waals surface area (Å²) < 4.78 is 22.6. The van der Waals surface area contributed by atoms with Gasteiger partial charge >= 0.3 is 0 Å². The summed E-state index contributed by atoms with van der Waals surface area (Å²) in [6.45, 7) is 4.55. The van der Waals surface area contributed by atoms with E-state index < -0.39 is 0 Å². The number of nitrogens with zero attached hydrogens (tertiary/aromatic N) is 1. The molecule has 0 spiro atoms. The molecule has 150 valence electrons. The molecule has 2 aromatic rings. The van der Waals surface area contributed by atoms with E-state index in [2.05, 4.69) is 0 Å². The number of hydrogen-bond acceptors (Lipinski definition) is 6. The summed E-state index contributed by atoms with van der Waals surface area (Å²) in [5, 5.41) is 9.64. The second kappa shape index (κ2) is 8.10. The van der Waals surface area contributed by atoms with E-state index in [9.17, 15) is 5.11 Å². The van der Waals surface area contributed by atoms with E-state index in [1.807, 2.05) is 44.2 Å². The normalized spacial score (nSPS) is 15.0. The second-order valence-corrected chi connectivity index (χ2v) is 7.24. The Kier molecular flexibility index (Phi) is 5.79. The molecule has 0 bridgehead atoms. The molecule has 0 amide bonds. The third-order valence-electron chi connectivity index (χ3n) is 4.69. The van der Waals surface area contributed by atoms with Crippen molar-refractivity contribution in [1.29, 1.82) is 0 Å². The van der Waals surface area contributed by atoms with Gasteiger partial charge in [-0.25, -0.2) is 4.99 Å². The predicted molar refractivity (Wildman–Crippen MR) is 109 cm³/mol. The zero-order chi connectivity index (χ0) is 20.3. The van der Waals surface area contributed by atoms with E-state index in [0.717, 1.165) is 28.0 Å². The van der Waals surface area contributed by atoms with Gasteiger partial charge in [0, 0.05) is 12.2 Å². The van der Waals surface area contributed by atoms with Gasteiger partial charge in [0.25, 0.3) is 0 Å². The molecule has 28 heavy (non-hydrogen) atoms. The SMILES string of the molecule is COc1ccc(-c2c(OC)c(OC)cc(CCO)c2C2=NC(C)(C)CO2)cc1. The van der Waals surface area contributed by atoms with E-state index >= 15 is 0 Å². The van der Waals surface area contributed by atoms with Gasteiger partial charge in [0.1, 0.15) is 12.4 Å². The topological polar surface area (TPSA) is 69.5 Å². The Morgan fingerprint density at radius 1 is 1.04 bits per heavy atom. The predicted octanol–water partition coefficient (Wildman–Crippen LogP) is 3.47. The lowest BCUT2D eigenvalue weighted by molar-refractivity contribution is 0.278. The highest BCUT2D eigenvalue weighted by Gasteiger charge is 2.32. The monoisotopic (exact) mass is 385 g/mol. The molecule has 1 N–H and O–H groups in total. The molecule has 0 aromatic heterocycles. The Balaban J connectivity index is 2.33. The number of benzene rings is 2. The third kappa shape index (κ3) is 3.78. The fraction of sp³-hybridized carbons (Fsp3) is 0.409. The summed E-state index contributed by atoms with van der Waals surface area (Å²) in [7, 11) is 4.85. The highest BCUT2D eigenvalue weighted by molar-refractivity contribution is 6.05. The fourth-order valence-electron chi connectivity index (χ4n) is 3.36. The van der Waals surface area contributed by atoms with E-state index in [0.29, 0.717) is 30.4 Å². The quantitative estimate of drug-likeness (QED) is 0.790. The van der Waals surface area contributed by atoms with Crippen LogP contribution in [-0.4, -0.2) is 51.1 Å². The van der Waals surface area contributed by atoms with Crippen molar-refractivity contribution in [1.82, 2.24) is 0 Å². The zero-order valence-corrected chi connectivity index (χ0v) is 17.0. The van der Waals surface area contributed by atoms with Crippen molar-refractivity contribution >= 4 is 5.90 Å². The van der Waals surface area contributed by atoms with Crippen LogP contribution in [0.4, 0.5) is 0 Å². The molecule has 6 nitrogen and oxygen atoms in total. The van der Waals surface area contributed by atoms with Crippen molar-refractivity contribution in [3.05, 3.63) is 41.5 Å². The number of aliphatic imine (C=N–C) groups is 1. The Bertz CT molecular complexity index is 871. The van der Waals surface area contributed by atoms with E-state index in [1.54, 1.807) is 21.3 Å². The highest BCUT2D eigenvalue weighted by atomic mass is 16.5. The van der Waals surface area contributed by atoms with Crippen LogP contribution in [0.5, 0.6) is 17.2 Å². The third-order valence-corrected chi connectivity index (χ3v) is 4.69. The van der Waals surface area contributed by atoms with Crippen molar-refractivity contribution in [2.75, 3.05) is 34.5 Å². The van der Waals surface area contributed by atoms with Gasteiger partial charge in [-0.05, 0) is 49.6 Å². The van der Waals surface area contributed by atoms with Crippen LogP contribution in [0.1, 0.15) is 25.0 Å². The van der Waals surface area contributed by atoms with E-state index in [4.69, 9.17) is 23.9 Å². The summed E-state index contributed by atoms with van der Waals surface area (Å²) in [4.78, 5) is 4.78. The minimum absolute atomic E-state index is 0.00120. The van der Waals surface area contributed by atoms with Crippen LogP contribution >= 0.6 is 0 Å². The van der Waals surface area contributed by atoms with E-state index in [-0.39, 0.29) is 12.1 Å². The molecular formula is C22H27NO5. The number of aliphatic hydroxyl groups excluding tert-OH is 1. The lowest BCUT2D eigenvalue weighted by atomic mass is 9.92. The van der Waals surface area contributed by atoms with Crippen molar-refractivity contribution < 1.29 is 24.1 Å². The first-order valence-electron chi connectivity index (χ1n) is 9.20. The van der Waals surface area contributed by atoms with Crippen LogP contribution in [0.3, 0.4) is 0 Å². The average molecular weight is 385 g/mol. The number of rotatable bonds is 7. The van der Waals surface area contributed by atoms with Gasteiger partial charge < -0.3 is 24.1 Å². The summed E-state index contributed by atoms with van der Waals surface area (Å²) in [6, 6.07) is 9.59. The first-order valence-corrected chi connectivity index (χ1v) is 9.20. The van der Waals surface area contributed by atoms with E-state index in [1.165, 1.54) is 0 Å². The number of aliphatic hydroxyl groups is 1. The van der Waals surface area contributed by atoms with Crippen molar-refractivity contribution in [2.24, 2.45) is 4.99 Å². The van der Waals surface area contributed by atoms with Gasteiger partial charge in [-0.3, -0.25) is 0 Å². The van der Waals surface area contributed by atoms with Gasteiger partial charge in [0.05, 0.1) is 32.4 Å². The molecule has 0 fully saturated rings. The maximum Gasteiger partial charge on any atom is 0.217 e. The Morgan fingerprint density at radius 3 is 2.25 bits per heavy atom. The summed E-state index contributed by atoms with van der Waals surface area (Å²) in [6.07, 6.45) is 0.446. The van der Waals surface area contributed by atoms with Gasteiger partial charge in [-0.2, -0.15) is 0 Å². The molecule has 2 aromatic carbocycles. The summed E-state index contributed by atoms with van der Waals surface area (Å²) in [5.74, 6) is 2.51. The molecule has 3 rings (SSSR count). The number of hydrogen-bond donors (Lipinski definition) is 1. The summed E-state index contributed by atoms with van der Waals surface area (Å²) >= 11 is 0. The van der Waals surface area contributed by atoms with Gasteiger partial charge in [-0.1, -0.05) is 12.1 Å². The highest BCUT2D eigenvalue weighted by Crippen LogP contribution is 2.44. The lowest BCUT2D eigenvalue weighted by Gasteiger charge is -2.20. The molecule has 0 saturated carbocycles. The van der Waals surface area contributed by atoms with Crippen molar-refractivity contribution in [3.8, 4) is 28.4 Å². The maximum atomic E-state index is 9.64. The molecule has 0 aliphatic carbocycles. The van der Waals surface area contributed by atoms with Gasteiger partial charge in [-0.15, -0.1) is 0 Å². The molecule has 1 aliphatic rings. The van der Waals surface area contributed by atoms with Gasteiger partial charge in [0.15, 0.2) is 11.5 Å².